The first kappa shape index (κ1) is 14.6. The van der Waals surface area contributed by atoms with Crippen LogP contribution in [-0.4, -0.2) is 18.1 Å². The maximum Gasteiger partial charge on any atom is 0.0291 e. The first-order valence-electron chi connectivity index (χ1n) is 6.52. The average Bonchev–Trinajstić information content (AvgIpc) is 2.27. The molecule has 2 heteroatoms. The summed E-state index contributed by atoms with van der Waals surface area (Å²) in [5.41, 5.74) is 4.12. The van der Waals surface area contributed by atoms with Crippen LogP contribution >= 0.6 is 11.8 Å². The Morgan fingerprint density at radius 2 is 1.82 bits per heavy atom. The van der Waals surface area contributed by atoms with Crippen molar-refractivity contribution in [2.45, 2.75) is 40.2 Å². The van der Waals surface area contributed by atoms with E-state index in [4.69, 9.17) is 0 Å². The van der Waals surface area contributed by atoms with Gasteiger partial charge in [0.2, 0.25) is 0 Å². The molecule has 0 radical (unpaired) electrons. The number of thioether (sulfide) groups is 1. The highest BCUT2D eigenvalue weighted by molar-refractivity contribution is 7.99. The monoisotopic (exact) mass is 251 g/mol. The van der Waals surface area contributed by atoms with Crippen molar-refractivity contribution in [3.8, 4) is 0 Å². The van der Waals surface area contributed by atoms with Gasteiger partial charge in [0.1, 0.15) is 0 Å². The lowest BCUT2D eigenvalue weighted by atomic mass is 10.0. The normalized spacial score (nSPS) is 12.7. The van der Waals surface area contributed by atoms with E-state index in [1.165, 1.54) is 34.6 Å². The fourth-order valence-electron chi connectivity index (χ4n) is 2.01. The zero-order valence-corrected chi connectivity index (χ0v) is 12.4. The third kappa shape index (κ3) is 5.60. The van der Waals surface area contributed by atoms with Gasteiger partial charge in [0.15, 0.2) is 0 Å². The predicted octanol–water partition coefficient (Wildman–Crippen LogP) is 4.10. The highest BCUT2D eigenvalue weighted by atomic mass is 32.2. The summed E-state index contributed by atoms with van der Waals surface area (Å²) in [6.07, 6.45) is 1.26. The van der Waals surface area contributed by atoms with Gasteiger partial charge >= 0.3 is 0 Å². The molecule has 0 aliphatic rings. The molecule has 0 aliphatic carbocycles. The predicted molar refractivity (Wildman–Crippen MR) is 79.9 cm³/mol. The molecule has 1 N–H and O–H groups in total. The molecule has 17 heavy (non-hydrogen) atoms. The van der Waals surface area contributed by atoms with E-state index in [-0.39, 0.29) is 0 Å². The van der Waals surface area contributed by atoms with Crippen LogP contribution < -0.4 is 5.32 Å². The van der Waals surface area contributed by atoms with Crippen molar-refractivity contribution in [2.24, 2.45) is 0 Å². The summed E-state index contributed by atoms with van der Waals surface area (Å²) in [6.45, 7) is 9.92. The molecule has 96 valence electrons. The summed E-state index contributed by atoms with van der Waals surface area (Å²) < 4.78 is 0. The number of hydrogen-bond donors (Lipinski definition) is 1. The highest BCUT2D eigenvalue weighted by Gasteiger charge is 2.05. The average molecular weight is 251 g/mol. The Bertz CT molecular complexity index is 315. The van der Waals surface area contributed by atoms with E-state index in [1.54, 1.807) is 0 Å². The van der Waals surface area contributed by atoms with Crippen LogP contribution in [0, 0.1) is 13.8 Å². The summed E-state index contributed by atoms with van der Waals surface area (Å²) in [6, 6.07) is 7.26. The topological polar surface area (TPSA) is 12.0 Å². The fraction of sp³-hybridized carbons (Fsp3) is 0.600. The van der Waals surface area contributed by atoms with Crippen molar-refractivity contribution in [1.29, 1.82) is 0 Å². The molecule has 0 saturated carbocycles. The minimum Gasteiger partial charge on any atom is -0.310 e. The molecule has 1 aromatic rings. The van der Waals surface area contributed by atoms with Crippen LogP contribution in [-0.2, 0) is 0 Å². The van der Waals surface area contributed by atoms with Crippen molar-refractivity contribution < 1.29 is 0 Å². The lowest BCUT2D eigenvalue weighted by Crippen LogP contribution is -2.20. The van der Waals surface area contributed by atoms with E-state index in [9.17, 15) is 0 Å². The van der Waals surface area contributed by atoms with Crippen molar-refractivity contribution in [3.63, 3.8) is 0 Å². The summed E-state index contributed by atoms with van der Waals surface area (Å²) in [5.74, 6) is 2.50. The van der Waals surface area contributed by atoms with E-state index in [0.29, 0.717) is 6.04 Å². The first-order chi connectivity index (χ1) is 8.13. The second-order valence-corrected chi connectivity index (χ2v) is 6.04. The summed E-state index contributed by atoms with van der Waals surface area (Å²) in [4.78, 5) is 0. The molecule has 0 heterocycles. The van der Waals surface area contributed by atoms with E-state index in [0.717, 1.165) is 6.54 Å². The Morgan fingerprint density at radius 3 is 2.41 bits per heavy atom. The molecule has 0 amide bonds. The van der Waals surface area contributed by atoms with E-state index < -0.39 is 0 Å². The van der Waals surface area contributed by atoms with Gasteiger partial charge in [-0.1, -0.05) is 36.2 Å². The minimum atomic E-state index is 0.459. The lowest BCUT2D eigenvalue weighted by molar-refractivity contribution is 0.572. The Labute approximate surface area is 110 Å². The van der Waals surface area contributed by atoms with Gasteiger partial charge in [0.25, 0.3) is 0 Å². The zero-order valence-electron chi connectivity index (χ0n) is 11.5. The molecule has 0 saturated heterocycles. The molecule has 1 aromatic carbocycles. The van der Waals surface area contributed by atoms with Crippen molar-refractivity contribution >= 4 is 11.8 Å². The molecule has 0 aliphatic heterocycles. The SMILES string of the molecule is CCSCCCNC(C)c1cc(C)cc(C)c1. The molecule has 0 spiro atoms. The van der Waals surface area contributed by atoms with Gasteiger partial charge in [-0.15, -0.1) is 0 Å². The van der Waals surface area contributed by atoms with E-state index in [1.807, 2.05) is 11.8 Å². The molecule has 0 bridgehead atoms. The molecule has 1 rings (SSSR count). The standard InChI is InChI=1S/C15H25NS/c1-5-17-8-6-7-16-14(4)15-10-12(2)9-13(3)11-15/h9-11,14,16H,5-8H2,1-4H3. The molecule has 0 fully saturated rings. The Balaban J connectivity index is 2.38. The van der Waals surface area contributed by atoms with E-state index >= 15 is 0 Å². The largest absolute Gasteiger partial charge is 0.310 e. The van der Waals surface area contributed by atoms with Gasteiger partial charge in [-0.25, -0.2) is 0 Å². The molecular weight excluding hydrogens is 226 g/mol. The van der Waals surface area contributed by atoms with Crippen molar-refractivity contribution in [2.75, 3.05) is 18.1 Å². The third-order valence-electron chi connectivity index (χ3n) is 2.86. The van der Waals surface area contributed by atoms with Crippen LogP contribution in [0.4, 0.5) is 0 Å². The maximum atomic E-state index is 3.60. The number of benzene rings is 1. The van der Waals surface area contributed by atoms with Crippen LogP contribution in [0.1, 0.15) is 43.0 Å². The molecule has 0 aromatic heterocycles. The van der Waals surface area contributed by atoms with Crippen LogP contribution in [0.5, 0.6) is 0 Å². The zero-order chi connectivity index (χ0) is 12.7. The molecule has 1 unspecified atom stereocenters. The highest BCUT2D eigenvalue weighted by Crippen LogP contribution is 2.16. The Morgan fingerprint density at radius 1 is 1.18 bits per heavy atom. The quantitative estimate of drug-likeness (QED) is 0.732. The second-order valence-electron chi connectivity index (χ2n) is 4.65. The lowest BCUT2D eigenvalue weighted by Gasteiger charge is -2.15. The molecule has 1 nitrogen and oxygen atoms in total. The Kier molecular flexibility index (Phi) is 6.68. The minimum absolute atomic E-state index is 0.459. The Hall–Kier alpha value is -0.470. The van der Waals surface area contributed by atoms with Gasteiger partial charge in [0, 0.05) is 6.04 Å². The van der Waals surface area contributed by atoms with Gasteiger partial charge in [-0.05, 0) is 50.8 Å². The number of nitrogens with one attached hydrogen (secondary N) is 1. The van der Waals surface area contributed by atoms with Crippen LogP contribution in [0.3, 0.4) is 0 Å². The summed E-state index contributed by atoms with van der Waals surface area (Å²) in [7, 11) is 0. The smallest absolute Gasteiger partial charge is 0.0291 e. The van der Waals surface area contributed by atoms with E-state index in [2.05, 4.69) is 51.2 Å². The summed E-state index contributed by atoms with van der Waals surface area (Å²) >= 11 is 2.02. The summed E-state index contributed by atoms with van der Waals surface area (Å²) in [5, 5.41) is 3.60. The number of aryl methyl sites for hydroxylation is 2. The van der Waals surface area contributed by atoms with Gasteiger partial charge in [-0.3, -0.25) is 0 Å². The van der Waals surface area contributed by atoms with Crippen LogP contribution in [0.2, 0.25) is 0 Å². The first-order valence-corrected chi connectivity index (χ1v) is 7.68. The van der Waals surface area contributed by atoms with Crippen molar-refractivity contribution in [3.05, 3.63) is 34.9 Å². The fourth-order valence-corrected chi connectivity index (χ4v) is 2.65. The number of rotatable bonds is 7. The second kappa shape index (κ2) is 7.78. The van der Waals surface area contributed by atoms with Crippen LogP contribution in [0.25, 0.3) is 0 Å². The molecule has 1 atom stereocenters. The maximum absolute atomic E-state index is 3.60. The third-order valence-corrected chi connectivity index (χ3v) is 3.85. The molecular formula is C15H25NS. The van der Waals surface area contributed by atoms with Gasteiger partial charge in [0.05, 0.1) is 0 Å². The van der Waals surface area contributed by atoms with Crippen LogP contribution in [0.15, 0.2) is 18.2 Å². The van der Waals surface area contributed by atoms with Crippen molar-refractivity contribution in [1.82, 2.24) is 5.32 Å². The van der Waals surface area contributed by atoms with Gasteiger partial charge < -0.3 is 5.32 Å². The van der Waals surface area contributed by atoms with Gasteiger partial charge in [-0.2, -0.15) is 11.8 Å². The number of hydrogen-bond acceptors (Lipinski definition) is 2.